The molecule has 106 valence electrons. The smallest absolute Gasteiger partial charge is 0.261 e. The highest BCUT2D eigenvalue weighted by molar-refractivity contribution is 9.11. The lowest BCUT2D eigenvalue weighted by Crippen LogP contribution is -2.16. The number of sulfonamides is 1. The number of aromatic nitrogens is 2. The first-order valence-corrected chi connectivity index (χ1v) is 8.64. The third-order valence-electron chi connectivity index (χ3n) is 2.56. The maximum absolute atomic E-state index is 12.4. The molecule has 5 nitrogen and oxygen atoms in total. The highest BCUT2D eigenvalue weighted by Gasteiger charge is 2.19. The lowest BCUT2D eigenvalue weighted by atomic mass is 10.2. The summed E-state index contributed by atoms with van der Waals surface area (Å²) in [4.78, 5) is 8.26. The van der Waals surface area contributed by atoms with E-state index in [1.165, 1.54) is 6.20 Å². The number of rotatable bonds is 3. The summed E-state index contributed by atoms with van der Waals surface area (Å²) < 4.78 is 28.1. The van der Waals surface area contributed by atoms with Crippen molar-refractivity contribution in [1.82, 2.24) is 9.97 Å². The van der Waals surface area contributed by atoms with E-state index in [0.717, 1.165) is 5.56 Å². The highest BCUT2D eigenvalue weighted by atomic mass is 79.9. The fraction of sp³-hybridized carbons (Fsp3) is 0.167. The summed E-state index contributed by atoms with van der Waals surface area (Å²) in [6.07, 6.45) is 1.42. The minimum Gasteiger partial charge on any atom is -0.261 e. The van der Waals surface area contributed by atoms with E-state index in [4.69, 9.17) is 0 Å². The Labute approximate surface area is 134 Å². The number of anilines is 1. The monoisotopic (exact) mass is 419 g/mol. The van der Waals surface area contributed by atoms with E-state index < -0.39 is 10.0 Å². The summed E-state index contributed by atoms with van der Waals surface area (Å²) in [5.74, 6) is 0.147. The Balaban J connectivity index is 2.43. The van der Waals surface area contributed by atoms with Gasteiger partial charge in [0.1, 0.15) is 4.60 Å². The van der Waals surface area contributed by atoms with Gasteiger partial charge in [-0.15, -0.1) is 0 Å². The van der Waals surface area contributed by atoms with Crippen molar-refractivity contribution in [3.63, 3.8) is 0 Å². The van der Waals surface area contributed by atoms with Crippen LogP contribution in [0.2, 0.25) is 0 Å². The summed E-state index contributed by atoms with van der Waals surface area (Å²) in [5, 5.41) is 0. The maximum Gasteiger partial charge on any atom is 0.263 e. The average Bonchev–Trinajstić information content (AvgIpc) is 2.35. The number of hydrogen-bond donors (Lipinski definition) is 1. The van der Waals surface area contributed by atoms with E-state index in [0.29, 0.717) is 14.8 Å². The van der Waals surface area contributed by atoms with Gasteiger partial charge in [-0.1, -0.05) is 12.1 Å². The molecule has 2 aromatic rings. The number of aryl methyl sites for hydroxylation is 2. The SMILES string of the molecule is Cc1ccc(C)c(S(=O)(=O)Nc2ncc(Br)nc2Br)c1. The molecule has 8 heteroatoms. The number of halogens is 2. The van der Waals surface area contributed by atoms with E-state index in [1.54, 1.807) is 19.1 Å². The molecule has 0 aliphatic carbocycles. The molecule has 1 N–H and O–H groups in total. The number of nitrogens with zero attached hydrogens (tertiary/aromatic N) is 2. The molecule has 0 atom stereocenters. The third kappa shape index (κ3) is 3.36. The zero-order chi connectivity index (χ0) is 14.9. The Morgan fingerprint density at radius 3 is 2.55 bits per heavy atom. The second-order valence-corrected chi connectivity index (χ2v) is 7.42. The Kier molecular flexibility index (Phi) is 4.46. The zero-order valence-corrected chi connectivity index (χ0v) is 14.7. The molecule has 0 aliphatic heterocycles. The van der Waals surface area contributed by atoms with Gasteiger partial charge in [-0.3, -0.25) is 4.72 Å². The minimum atomic E-state index is -3.70. The lowest BCUT2D eigenvalue weighted by molar-refractivity contribution is 0.600. The van der Waals surface area contributed by atoms with Crippen molar-refractivity contribution >= 4 is 47.7 Å². The molecule has 0 saturated carbocycles. The lowest BCUT2D eigenvalue weighted by Gasteiger charge is -2.11. The number of benzene rings is 1. The second-order valence-electron chi connectivity index (χ2n) is 4.21. The van der Waals surface area contributed by atoms with Crippen LogP contribution in [-0.4, -0.2) is 18.4 Å². The van der Waals surface area contributed by atoms with E-state index >= 15 is 0 Å². The first-order chi connectivity index (χ1) is 9.29. The van der Waals surface area contributed by atoms with Gasteiger partial charge in [-0.05, 0) is 62.9 Å². The van der Waals surface area contributed by atoms with Crippen LogP contribution in [0.3, 0.4) is 0 Å². The number of hydrogen-bond acceptors (Lipinski definition) is 4. The molecule has 0 saturated heterocycles. The van der Waals surface area contributed by atoms with Gasteiger partial charge < -0.3 is 0 Å². The molecule has 0 bridgehead atoms. The molecule has 20 heavy (non-hydrogen) atoms. The normalized spacial score (nSPS) is 11.4. The first-order valence-electron chi connectivity index (χ1n) is 5.58. The molecule has 0 radical (unpaired) electrons. The van der Waals surface area contributed by atoms with Gasteiger partial charge >= 0.3 is 0 Å². The van der Waals surface area contributed by atoms with Crippen LogP contribution in [0.1, 0.15) is 11.1 Å². The van der Waals surface area contributed by atoms with Crippen LogP contribution >= 0.6 is 31.9 Å². The average molecular weight is 421 g/mol. The van der Waals surface area contributed by atoms with Gasteiger partial charge in [-0.2, -0.15) is 0 Å². The standard InChI is InChI=1S/C12H11Br2N3O2S/c1-7-3-4-8(2)9(5-7)20(18,19)17-12-11(14)16-10(13)6-15-12/h3-6H,1-2H3,(H,15,17). The summed E-state index contributed by atoms with van der Waals surface area (Å²) >= 11 is 6.34. The molecule has 0 aliphatic rings. The molecule has 0 spiro atoms. The van der Waals surface area contributed by atoms with Gasteiger partial charge in [0.05, 0.1) is 11.1 Å². The molecule has 0 unspecified atom stereocenters. The van der Waals surface area contributed by atoms with E-state index in [9.17, 15) is 8.42 Å². The van der Waals surface area contributed by atoms with E-state index in [1.807, 2.05) is 13.0 Å². The maximum atomic E-state index is 12.4. The Morgan fingerprint density at radius 1 is 1.20 bits per heavy atom. The fourth-order valence-corrected chi connectivity index (χ4v) is 3.98. The Hall–Kier alpha value is -0.990. The minimum absolute atomic E-state index is 0.147. The largest absolute Gasteiger partial charge is 0.263 e. The summed E-state index contributed by atoms with van der Waals surface area (Å²) in [7, 11) is -3.70. The van der Waals surface area contributed by atoms with Crippen molar-refractivity contribution in [3.8, 4) is 0 Å². The van der Waals surface area contributed by atoms with E-state index in [-0.39, 0.29) is 10.7 Å². The van der Waals surface area contributed by atoms with Crippen LogP contribution in [0.15, 0.2) is 38.5 Å². The first kappa shape index (κ1) is 15.4. The van der Waals surface area contributed by atoms with Crippen molar-refractivity contribution < 1.29 is 8.42 Å². The quantitative estimate of drug-likeness (QED) is 0.825. The van der Waals surface area contributed by atoms with E-state index in [2.05, 4.69) is 46.5 Å². The van der Waals surface area contributed by atoms with Crippen molar-refractivity contribution in [2.24, 2.45) is 0 Å². The molecule has 0 fully saturated rings. The molecule has 1 heterocycles. The predicted molar refractivity (Wildman–Crippen MR) is 84.2 cm³/mol. The van der Waals surface area contributed by atoms with Crippen LogP contribution in [0.25, 0.3) is 0 Å². The molecule has 2 rings (SSSR count). The van der Waals surface area contributed by atoms with Crippen molar-refractivity contribution in [2.45, 2.75) is 18.7 Å². The predicted octanol–water partition coefficient (Wildman–Crippen LogP) is 3.42. The van der Waals surface area contributed by atoms with Crippen molar-refractivity contribution in [2.75, 3.05) is 4.72 Å². The number of nitrogens with one attached hydrogen (secondary N) is 1. The van der Waals surface area contributed by atoms with Gasteiger partial charge in [0.25, 0.3) is 10.0 Å². The van der Waals surface area contributed by atoms with Crippen LogP contribution in [0.5, 0.6) is 0 Å². The van der Waals surface area contributed by atoms with Gasteiger partial charge in [0, 0.05) is 0 Å². The summed E-state index contributed by atoms with van der Waals surface area (Å²) in [5.41, 5.74) is 1.54. The molecular weight excluding hydrogens is 410 g/mol. The van der Waals surface area contributed by atoms with Crippen molar-refractivity contribution in [3.05, 3.63) is 44.7 Å². The van der Waals surface area contributed by atoms with Crippen LogP contribution in [0.4, 0.5) is 5.82 Å². The highest BCUT2D eigenvalue weighted by Crippen LogP contribution is 2.24. The summed E-state index contributed by atoms with van der Waals surface area (Å²) in [6, 6.07) is 5.26. The van der Waals surface area contributed by atoms with Gasteiger partial charge in [-0.25, -0.2) is 18.4 Å². The Morgan fingerprint density at radius 2 is 1.90 bits per heavy atom. The summed E-state index contributed by atoms with van der Waals surface area (Å²) in [6.45, 7) is 3.59. The molecular formula is C12H11Br2N3O2S. The zero-order valence-electron chi connectivity index (χ0n) is 10.7. The molecule has 0 amide bonds. The second kappa shape index (κ2) is 5.79. The fourth-order valence-electron chi connectivity index (χ4n) is 1.59. The van der Waals surface area contributed by atoms with Crippen LogP contribution in [-0.2, 0) is 10.0 Å². The van der Waals surface area contributed by atoms with Crippen LogP contribution < -0.4 is 4.72 Å². The Bertz CT molecular complexity index is 763. The van der Waals surface area contributed by atoms with Crippen LogP contribution in [0, 0.1) is 13.8 Å². The van der Waals surface area contributed by atoms with Crippen molar-refractivity contribution in [1.29, 1.82) is 0 Å². The molecule has 1 aromatic carbocycles. The topological polar surface area (TPSA) is 72.0 Å². The molecule has 1 aromatic heterocycles. The van der Waals surface area contributed by atoms with Gasteiger partial charge in [0.15, 0.2) is 10.4 Å². The third-order valence-corrected chi connectivity index (χ3v) is 4.98. The van der Waals surface area contributed by atoms with Gasteiger partial charge in [0.2, 0.25) is 0 Å².